The Morgan fingerprint density at radius 1 is 1.19 bits per heavy atom. The molecule has 0 saturated heterocycles. The first-order valence-electron chi connectivity index (χ1n) is 12.3. The Kier molecular flexibility index (Phi) is 6.51. The number of nitrogens with one attached hydrogen (secondary N) is 1. The van der Waals surface area contributed by atoms with E-state index in [0.717, 1.165) is 12.1 Å². The van der Waals surface area contributed by atoms with Crippen LogP contribution in [-0.2, 0) is 22.6 Å². The Bertz CT molecular complexity index is 1260. The Hall–Kier alpha value is -3.21. The van der Waals surface area contributed by atoms with Crippen LogP contribution in [0.1, 0.15) is 48.7 Å². The predicted octanol–water partition coefficient (Wildman–Crippen LogP) is 1.26. The van der Waals surface area contributed by atoms with Crippen molar-refractivity contribution in [2.75, 3.05) is 20.6 Å². The minimum Gasteiger partial charge on any atom is -0.510 e. The van der Waals surface area contributed by atoms with Gasteiger partial charge in [-0.2, -0.15) is 0 Å². The van der Waals surface area contributed by atoms with E-state index in [2.05, 4.69) is 26.1 Å². The summed E-state index contributed by atoms with van der Waals surface area (Å²) < 4.78 is 0. The van der Waals surface area contributed by atoms with Crippen LogP contribution in [0.25, 0.3) is 0 Å². The maximum atomic E-state index is 13.7. The second-order valence-corrected chi connectivity index (χ2v) is 11.7. The quantitative estimate of drug-likeness (QED) is 0.317. The third-order valence-electron chi connectivity index (χ3n) is 7.67. The lowest BCUT2D eigenvalue weighted by molar-refractivity contribution is -0.148. The van der Waals surface area contributed by atoms with Gasteiger partial charge in [0.2, 0.25) is 5.78 Å². The third-order valence-corrected chi connectivity index (χ3v) is 7.67. The average molecular weight is 514 g/mol. The van der Waals surface area contributed by atoms with E-state index in [4.69, 9.17) is 5.73 Å². The van der Waals surface area contributed by atoms with Crippen LogP contribution in [0.4, 0.5) is 0 Å². The second kappa shape index (κ2) is 8.97. The molecule has 10 nitrogen and oxygen atoms in total. The van der Waals surface area contributed by atoms with Crippen molar-refractivity contribution >= 4 is 17.5 Å². The standard InChI is InChI=1S/C27H35N3O7/c1-26(2,3)11-29-10-12-6-7-16(31)18-14(12)8-13-9-15-20(30(4)5)22(33)19(25(28)36)24(35)27(15,37)23(34)17(13)21(18)32/h6-7,13,15,20,29,31,33-34,37H,8-11H2,1-5H3,(H2,28,36)/t13-,15-,20+,27-/m0/s1. The smallest absolute Gasteiger partial charge is 0.255 e. The van der Waals surface area contributed by atoms with Crippen molar-refractivity contribution in [3.05, 3.63) is 51.5 Å². The highest BCUT2D eigenvalue weighted by Gasteiger charge is 2.63. The number of nitrogens with two attached hydrogens (primary N) is 1. The molecule has 0 fully saturated rings. The number of allylic oxidation sites excluding steroid dienone is 1. The third kappa shape index (κ3) is 4.13. The normalized spacial score (nSPS) is 27.8. The number of phenolic OH excluding ortho intramolecular Hbond substituents is 1. The zero-order valence-electron chi connectivity index (χ0n) is 21.8. The Morgan fingerprint density at radius 3 is 2.41 bits per heavy atom. The molecule has 0 saturated carbocycles. The van der Waals surface area contributed by atoms with Crippen LogP contribution in [-0.4, -0.2) is 75.1 Å². The van der Waals surface area contributed by atoms with Gasteiger partial charge in [0.1, 0.15) is 22.8 Å². The zero-order valence-corrected chi connectivity index (χ0v) is 21.8. The second-order valence-electron chi connectivity index (χ2n) is 11.7. The first-order chi connectivity index (χ1) is 17.1. The van der Waals surface area contributed by atoms with E-state index in [9.17, 15) is 34.8 Å². The molecule has 10 heteroatoms. The predicted molar refractivity (Wildman–Crippen MR) is 135 cm³/mol. The number of aliphatic hydroxyl groups excluding tert-OH is 2. The number of aliphatic hydroxyl groups is 3. The average Bonchev–Trinajstić information content (AvgIpc) is 2.76. The van der Waals surface area contributed by atoms with E-state index in [1.54, 1.807) is 20.2 Å². The number of likely N-dealkylation sites (N-methyl/N-ethyl adjacent to an activating group) is 1. The van der Waals surface area contributed by atoms with Gasteiger partial charge in [0, 0.05) is 24.6 Å². The Labute approximate surface area is 215 Å². The van der Waals surface area contributed by atoms with Crippen molar-refractivity contribution in [1.82, 2.24) is 10.2 Å². The first kappa shape index (κ1) is 26.8. The molecule has 37 heavy (non-hydrogen) atoms. The van der Waals surface area contributed by atoms with Crippen molar-refractivity contribution in [3.8, 4) is 5.75 Å². The zero-order chi connectivity index (χ0) is 27.6. The minimum atomic E-state index is -2.63. The molecule has 1 amide bonds. The monoisotopic (exact) mass is 513 g/mol. The number of Topliss-reactive ketones (excluding diaryl/α,β-unsaturated/α-hetero) is 2. The molecule has 4 rings (SSSR count). The number of aromatic hydroxyl groups is 1. The topological polar surface area (TPSA) is 173 Å². The van der Waals surface area contributed by atoms with Crippen molar-refractivity contribution in [2.24, 2.45) is 23.0 Å². The lowest BCUT2D eigenvalue weighted by Crippen LogP contribution is -2.63. The van der Waals surface area contributed by atoms with Gasteiger partial charge in [-0.05, 0) is 55.5 Å². The molecule has 0 aromatic heterocycles. The number of amides is 1. The van der Waals surface area contributed by atoms with Gasteiger partial charge in [-0.25, -0.2) is 0 Å². The number of hydrogen-bond donors (Lipinski definition) is 6. The molecule has 3 aliphatic carbocycles. The summed E-state index contributed by atoms with van der Waals surface area (Å²) in [5.74, 6) is -6.50. The molecule has 200 valence electrons. The highest BCUT2D eigenvalue weighted by molar-refractivity contribution is 6.24. The molecule has 1 aromatic carbocycles. The van der Waals surface area contributed by atoms with Gasteiger partial charge in [-0.1, -0.05) is 26.8 Å². The minimum absolute atomic E-state index is 0.0239. The summed E-state index contributed by atoms with van der Waals surface area (Å²) in [6.07, 6.45) is 0.339. The number of rotatable bonds is 5. The lowest BCUT2D eigenvalue weighted by atomic mass is 9.58. The Morgan fingerprint density at radius 2 is 1.84 bits per heavy atom. The van der Waals surface area contributed by atoms with E-state index in [0.29, 0.717) is 12.1 Å². The van der Waals surface area contributed by atoms with Gasteiger partial charge in [-0.3, -0.25) is 19.3 Å². The summed E-state index contributed by atoms with van der Waals surface area (Å²) in [7, 11) is 3.20. The summed E-state index contributed by atoms with van der Waals surface area (Å²) >= 11 is 0. The summed E-state index contributed by atoms with van der Waals surface area (Å²) in [4.78, 5) is 40.6. The van der Waals surface area contributed by atoms with E-state index in [-0.39, 0.29) is 35.1 Å². The van der Waals surface area contributed by atoms with E-state index in [1.807, 2.05) is 0 Å². The van der Waals surface area contributed by atoms with Crippen LogP contribution in [0.2, 0.25) is 0 Å². The molecule has 0 spiro atoms. The summed E-state index contributed by atoms with van der Waals surface area (Å²) in [6, 6.07) is 2.16. The first-order valence-corrected chi connectivity index (χ1v) is 12.3. The largest absolute Gasteiger partial charge is 0.510 e. The molecule has 0 heterocycles. The molecule has 3 aliphatic rings. The van der Waals surface area contributed by atoms with Crippen molar-refractivity contribution in [3.63, 3.8) is 0 Å². The van der Waals surface area contributed by atoms with Crippen LogP contribution in [0.15, 0.2) is 34.8 Å². The van der Waals surface area contributed by atoms with Crippen molar-refractivity contribution in [1.29, 1.82) is 0 Å². The fraction of sp³-hybridized carbons (Fsp3) is 0.519. The van der Waals surface area contributed by atoms with Crippen LogP contribution in [0.3, 0.4) is 0 Å². The van der Waals surface area contributed by atoms with Gasteiger partial charge in [0.05, 0.1) is 11.6 Å². The van der Waals surface area contributed by atoms with Crippen molar-refractivity contribution in [2.45, 2.75) is 51.8 Å². The number of nitrogens with zero attached hydrogens (tertiary/aromatic N) is 1. The van der Waals surface area contributed by atoms with Gasteiger partial charge in [0.15, 0.2) is 11.4 Å². The number of hydrogen-bond acceptors (Lipinski definition) is 9. The molecule has 4 atom stereocenters. The summed E-state index contributed by atoms with van der Waals surface area (Å²) in [6.45, 7) is 7.47. The van der Waals surface area contributed by atoms with Crippen LogP contribution in [0.5, 0.6) is 5.75 Å². The van der Waals surface area contributed by atoms with Crippen LogP contribution < -0.4 is 11.1 Å². The van der Waals surface area contributed by atoms with Gasteiger partial charge in [0.25, 0.3) is 5.91 Å². The van der Waals surface area contributed by atoms with E-state index >= 15 is 0 Å². The summed E-state index contributed by atoms with van der Waals surface area (Å²) in [5.41, 5.74) is 3.27. The summed E-state index contributed by atoms with van der Waals surface area (Å²) in [5, 5.41) is 47.8. The highest BCUT2D eigenvalue weighted by atomic mass is 16.3. The van der Waals surface area contributed by atoms with Gasteiger partial charge < -0.3 is 31.5 Å². The van der Waals surface area contributed by atoms with Crippen LogP contribution >= 0.6 is 0 Å². The molecule has 7 N–H and O–H groups in total. The number of fused-ring (bicyclic) bond motifs is 3. The van der Waals surface area contributed by atoms with E-state index < -0.39 is 58.0 Å². The molecular formula is C27H35N3O7. The molecular weight excluding hydrogens is 478 g/mol. The maximum absolute atomic E-state index is 13.7. The molecule has 0 radical (unpaired) electrons. The fourth-order valence-corrected chi connectivity index (χ4v) is 6.05. The lowest BCUT2D eigenvalue weighted by Gasteiger charge is -2.50. The van der Waals surface area contributed by atoms with E-state index in [1.165, 1.54) is 11.0 Å². The number of carbonyl (C=O) groups is 3. The SMILES string of the molecule is CN(C)[C@H]1C(O)=C(C(N)=O)C(=O)[C@@]2(O)C(O)=C3C(=O)c4c(O)ccc(CNCC(C)(C)C)c4C[C@H]3C[C@@H]12. The van der Waals surface area contributed by atoms with Crippen molar-refractivity contribution < 1.29 is 34.8 Å². The number of primary amides is 1. The molecule has 1 aromatic rings. The Balaban J connectivity index is 1.84. The van der Waals surface area contributed by atoms with Gasteiger partial charge in [-0.15, -0.1) is 0 Å². The number of carbonyl (C=O) groups excluding carboxylic acids is 3. The highest BCUT2D eigenvalue weighted by Crippen LogP contribution is 2.52. The van der Waals surface area contributed by atoms with Crippen LogP contribution in [0, 0.1) is 17.3 Å². The number of ketones is 2. The fourth-order valence-electron chi connectivity index (χ4n) is 6.05. The number of phenols is 1. The molecule has 0 unspecified atom stereocenters. The van der Waals surface area contributed by atoms with Gasteiger partial charge >= 0.3 is 0 Å². The molecule has 0 aliphatic heterocycles. The number of benzene rings is 1. The maximum Gasteiger partial charge on any atom is 0.255 e. The molecule has 0 bridgehead atoms.